The van der Waals surface area contributed by atoms with Gasteiger partial charge in [0, 0.05) is 16.1 Å². The van der Waals surface area contributed by atoms with E-state index in [-0.39, 0.29) is 11.5 Å². The Hall–Kier alpha value is -3.53. The predicted molar refractivity (Wildman–Crippen MR) is 119 cm³/mol. The lowest BCUT2D eigenvalue weighted by Gasteiger charge is -2.07. The van der Waals surface area contributed by atoms with Crippen molar-refractivity contribution in [1.29, 1.82) is 0 Å². The van der Waals surface area contributed by atoms with Crippen LogP contribution in [-0.2, 0) is 35.2 Å². The van der Waals surface area contributed by atoms with Crippen molar-refractivity contribution in [1.82, 2.24) is 9.78 Å². The maximum absolute atomic E-state index is 13.3. The van der Waals surface area contributed by atoms with Gasteiger partial charge >= 0.3 is 5.97 Å². The van der Waals surface area contributed by atoms with Gasteiger partial charge in [0.15, 0.2) is 12.3 Å². The molecule has 0 spiro atoms. The van der Waals surface area contributed by atoms with E-state index >= 15 is 0 Å². The van der Waals surface area contributed by atoms with E-state index in [1.54, 1.807) is 16.8 Å². The molecular weight excluding hydrogens is 447 g/mol. The number of nitrogens with zero attached hydrogens (tertiary/aromatic N) is 2. The third kappa shape index (κ3) is 3.91. The van der Waals surface area contributed by atoms with Crippen molar-refractivity contribution in [3.05, 3.63) is 63.0 Å². The Morgan fingerprint density at radius 3 is 2.58 bits per heavy atom. The van der Waals surface area contributed by atoms with E-state index in [2.05, 4.69) is 10.4 Å². The van der Waals surface area contributed by atoms with E-state index in [1.807, 2.05) is 0 Å². The minimum atomic E-state index is -0.701. The molecule has 0 bridgehead atoms. The number of hydrogen-bond acceptors (Lipinski definition) is 6. The monoisotopic (exact) mass is 468 g/mol. The molecule has 0 fully saturated rings. The van der Waals surface area contributed by atoms with E-state index in [0.29, 0.717) is 22.7 Å². The summed E-state index contributed by atoms with van der Waals surface area (Å²) >= 11 is 1.34. The van der Waals surface area contributed by atoms with E-state index in [9.17, 15) is 18.8 Å². The summed E-state index contributed by atoms with van der Waals surface area (Å²) in [4.78, 5) is 38.1. The number of primary amides is 1. The fourth-order valence-corrected chi connectivity index (χ4v) is 5.82. The van der Waals surface area contributed by atoms with Gasteiger partial charge in [-0.1, -0.05) is 0 Å². The molecule has 3 aromatic rings. The van der Waals surface area contributed by atoms with E-state index < -0.39 is 24.4 Å². The van der Waals surface area contributed by atoms with Crippen LogP contribution in [0.3, 0.4) is 0 Å². The third-order valence-corrected chi connectivity index (χ3v) is 7.16. The maximum atomic E-state index is 13.3. The Morgan fingerprint density at radius 2 is 1.82 bits per heavy atom. The first kappa shape index (κ1) is 21.3. The Kier molecular flexibility index (Phi) is 5.45. The fourth-order valence-electron chi connectivity index (χ4n) is 4.51. The number of amides is 2. The van der Waals surface area contributed by atoms with Crippen LogP contribution in [0.15, 0.2) is 24.3 Å². The zero-order valence-corrected chi connectivity index (χ0v) is 18.5. The van der Waals surface area contributed by atoms with Crippen LogP contribution in [0, 0.1) is 5.82 Å². The van der Waals surface area contributed by atoms with Crippen LogP contribution in [0.2, 0.25) is 0 Å². The van der Waals surface area contributed by atoms with Crippen LogP contribution in [0.25, 0.3) is 5.69 Å². The van der Waals surface area contributed by atoms with Crippen LogP contribution in [0.5, 0.6) is 0 Å². The van der Waals surface area contributed by atoms with Crippen LogP contribution >= 0.6 is 11.3 Å². The van der Waals surface area contributed by atoms with Gasteiger partial charge in [-0.3, -0.25) is 9.59 Å². The summed E-state index contributed by atoms with van der Waals surface area (Å²) in [5, 5.41) is 7.45. The molecule has 2 aliphatic carbocycles. The van der Waals surface area contributed by atoms with Crippen molar-refractivity contribution >= 4 is 34.1 Å². The average Bonchev–Trinajstić information content (AvgIpc) is 3.53. The summed E-state index contributed by atoms with van der Waals surface area (Å²) in [6.45, 7) is -0.516. The second-order valence-electron chi connectivity index (χ2n) is 8.07. The molecular formula is C23H21FN4O4S. The highest BCUT2D eigenvalue weighted by Crippen LogP contribution is 2.38. The first-order chi connectivity index (χ1) is 15.9. The first-order valence-corrected chi connectivity index (χ1v) is 11.5. The zero-order valence-electron chi connectivity index (χ0n) is 17.7. The number of nitrogens with two attached hydrogens (primary N) is 1. The number of fused-ring (bicyclic) bond motifs is 2. The Labute approximate surface area is 192 Å². The van der Waals surface area contributed by atoms with Gasteiger partial charge in [-0.25, -0.2) is 13.9 Å². The number of carbonyl (C=O) groups is 3. The second-order valence-corrected chi connectivity index (χ2v) is 9.17. The number of aromatic nitrogens is 2. The molecule has 170 valence electrons. The number of thiophene rings is 1. The van der Waals surface area contributed by atoms with Gasteiger partial charge in [0.25, 0.3) is 11.8 Å². The number of hydrogen-bond donors (Lipinski definition) is 2. The average molecular weight is 469 g/mol. The molecule has 0 aliphatic heterocycles. The standard InChI is InChI=1S/C23H21FN4O4S/c24-12-7-9-13(10-8-12)28-16-5-1-3-14(16)20(27-28)23(31)32-11-18(29)26-22-19(21(25)30)15-4-2-6-17(15)33-22/h7-10H,1-6,11H2,(H2,25,30)(H,26,29). The molecule has 10 heteroatoms. The molecule has 8 nitrogen and oxygen atoms in total. The number of benzene rings is 1. The number of halogens is 1. The number of aryl methyl sites for hydroxylation is 1. The van der Waals surface area contributed by atoms with Crippen molar-refractivity contribution in [2.75, 3.05) is 11.9 Å². The summed E-state index contributed by atoms with van der Waals surface area (Å²) in [5.41, 5.74) is 9.25. The lowest BCUT2D eigenvalue weighted by Crippen LogP contribution is -2.23. The van der Waals surface area contributed by atoms with Crippen LogP contribution in [0.4, 0.5) is 9.39 Å². The summed E-state index contributed by atoms with van der Waals surface area (Å²) in [5.74, 6) is -2.19. The largest absolute Gasteiger partial charge is 0.451 e. The molecule has 3 N–H and O–H groups in total. The van der Waals surface area contributed by atoms with Crippen molar-refractivity contribution in [2.24, 2.45) is 5.73 Å². The zero-order chi connectivity index (χ0) is 23.1. The van der Waals surface area contributed by atoms with Gasteiger partial charge in [-0.15, -0.1) is 11.3 Å². The molecule has 2 amide bonds. The molecule has 0 saturated heterocycles. The van der Waals surface area contributed by atoms with E-state index in [4.69, 9.17) is 10.5 Å². The summed E-state index contributed by atoms with van der Waals surface area (Å²) in [6, 6.07) is 5.86. The molecule has 0 saturated carbocycles. The van der Waals surface area contributed by atoms with E-state index in [1.165, 1.54) is 23.5 Å². The summed E-state index contributed by atoms with van der Waals surface area (Å²) in [6.07, 6.45) is 4.86. The highest BCUT2D eigenvalue weighted by molar-refractivity contribution is 7.17. The SMILES string of the molecule is NC(=O)c1c(NC(=O)COC(=O)c2nn(-c3ccc(F)cc3)c3c2CCC3)sc2c1CCC2. The maximum Gasteiger partial charge on any atom is 0.359 e. The molecule has 2 aliphatic rings. The highest BCUT2D eigenvalue weighted by Gasteiger charge is 2.29. The van der Waals surface area contributed by atoms with Crippen LogP contribution < -0.4 is 11.1 Å². The summed E-state index contributed by atoms with van der Waals surface area (Å²) < 4.78 is 20.2. The van der Waals surface area contributed by atoms with Crippen LogP contribution in [0.1, 0.15) is 55.4 Å². The molecule has 0 radical (unpaired) electrons. The Balaban J connectivity index is 1.29. The van der Waals surface area contributed by atoms with E-state index in [0.717, 1.165) is 53.8 Å². The number of ether oxygens (including phenoxy) is 1. The normalized spacial score (nSPS) is 14.1. The molecule has 0 atom stereocenters. The minimum absolute atomic E-state index is 0.160. The number of nitrogens with one attached hydrogen (secondary N) is 1. The fraction of sp³-hybridized carbons (Fsp3) is 0.304. The third-order valence-electron chi connectivity index (χ3n) is 5.95. The van der Waals surface area contributed by atoms with Crippen LogP contribution in [-0.4, -0.2) is 34.2 Å². The number of carbonyl (C=O) groups excluding carboxylic acids is 3. The number of esters is 1. The van der Waals surface area contributed by atoms with Gasteiger partial charge < -0.3 is 15.8 Å². The highest BCUT2D eigenvalue weighted by atomic mass is 32.1. The number of rotatable bonds is 6. The van der Waals surface area contributed by atoms with Crippen molar-refractivity contribution in [3.63, 3.8) is 0 Å². The Bertz CT molecular complexity index is 1280. The molecule has 1 aromatic carbocycles. The van der Waals surface area contributed by atoms with Crippen molar-refractivity contribution in [3.8, 4) is 5.69 Å². The second kappa shape index (κ2) is 8.43. The van der Waals surface area contributed by atoms with Gasteiger partial charge in [0.2, 0.25) is 0 Å². The molecule has 5 rings (SSSR count). The minimum Gasteiger partial charge on any atom is -0.451 e. The van der Waals surface area contributed by atoms with Crippen molar-refractivity contribution < 1.29 is 23.5 Å². The van der Waals surface area contributed by atoms with Gasteiger partial charge in [-0.05, 0) is 68.4 Å². The molecule has 2 heterocycles. The predicted octanol–water partition coefficient (Wildman–Crippen LogP) is 2.94. The van der Waals surface area contributed by atoms with Gasteiger partial charge in [0.05, 0.1) is 11.3 Å². The molecule has 33 heavy (non-hydrogen) atoms. The smallest absolute Gasteiger partial charge is 0.359 e. The lowest BCUT2D eigenvalue weighted by atomic mass is 10.1. The quantitative estimate of drug-likeness (QED) is 0.540. The molecule has 0 unspecified atom stereocenters. The topological polar surface area (TPSA) is 116 Å². The van der Waals surface area contributed by atoms with Gasteiger partial charge in [-0.2, -0.15) is 5.10 Å². The molecule has 2 aromatic heterocycles. The summed E-state index contributed by atoms with van der Waals surface area (Å²) in [7, 11) is 0. The number of anilines is 1. The lowest BCUT2D eigenvalue weighted by molar-refractivity contribution is -0.119. The van der Waals surface area contributed by atoms with Gasteiger partial charge in [0.1, 0.15) is 10.8 Å². The Morgan fingerprint density at radius 1 is 1.09 bits per heavy atom. The first-order valence-electron chi connectivity index (χ1n) is 10.7. The van der Waals surface area contributed by atoms with Crippen molar-refractivity contribution in [2.45, 2.75) is 38.5 Å².